The number of imidazole rings is 1. The van der Waals surface area contributed by atoms with E-state index in [0.29, 0.717) is 19.4 Å². The Morgan fingerprint density at radius 1 is 1.36 bits per heavy atom. The van der Waals surface area contributed by atoms with Crippen LogP contribution in [0.2, 0.25) is 0 Å². The minimum atomic E-state index is -0.865. The van der Waals surface area contributed by atoms with Crippen LogP contribution in [0, 0.1) is 5.92 Å². The van der Waals surface area contributed by atoms with Gasteiger partial charge in [-0.15, -0.1) is 23.2 Å². The molecule has 116 valence electrons. The fourth-order valence-corrected chi connectivity index (χ4v) is 2.92. The highest BCUT2D eigenvalue weighted by atomic mass is 35.5. The monoisotopic (exact) mass is 337 g/mol. The summed E-state index contributed by atoms with van der Waals surface area (Å²) in [5, 5.41) is 2.87. The molecule has 1 N–H and O–H groups in total. The Hall–Kier alpha value is -1.52. The molecule has 1 aliphatic rings. The minimum absolute atomic E-state index is 0.0776. The van der Waals surface area contributed by atoms with Gasteiger partial charge in [0.2, 0.25) is 5.91 Å². The number of benzene rings is 1. The van der Waals surface area contributed by atoms with E-state index in [4.69, 9.17) is 23.2 Å². The van der Waals surface area contributed by atoms with Crippen LogP contribution in [-0.2, 0) is 17.8 Å². The van der Waals surface area contributed by atoms with Gasteiger partial charge in [-0.25, -0.2) is 4.98 Å². The molecule has 0 spiro atoms. The lowest BCUT2D eigenvalue weighted by atomic mass is 10.2. The number of hydrogen-bond donors (Lipinski definition) is 1. The molecule has 0 bridgehead atoms. The SMILES string of the molecule is O=C(NCCc1nccn1Cc1ccccc1)C1CC1(Cl)Cl. The Labute approximate surface area is 139 Å². The van der Waals surface area contributed by atoms with Gasteiger partial charge in [0.1, 0.15) is 10.2 Å². The Morgan fingerprint density at radius 2 is 2.09 bits per heavy atom. The maximum atomic E-state index is 11.8. The van der Waals surface area contributed by atoms with E-state index in [9.17, 15) is 4.79 Å². The summed E-state index contributed by atoms with van der Waals surface area (Å²) in [6.45, 7) is 1.31. The third-order valence-corrected chi connectivity index (χ3v) is 4.62. The van der Waals surface area contributed by atoms with Crippen molar-refractivity contribution in [3.8, 4) is 0 Å². The Kier molecular flexibility index (Phi) is 4.41. The summed E-state index contributed by atoms with van der Waals surface area (Å²) in [5.74, 6) is 0.592. The molecule has 1 heterocycles. The zero-order valence-corrected chi connectivity index (χ0v) is 13.5. The van der Waals surface area contributed by atoms with Crippen LogP contribution in [0.25, 0.3) is 0 Å². The lowest BCUT2D eigenvalue weighted by Crippen LogP contribution is -2.29. The highest BCUT2D eigenvalue weighted by Crippen LogP contribution is 2.53. The third kappa shape index (κ3) is 3.62. The number of carbonyl (C=O) groups excluding carboxylic acids is 1. The molecule has 1 saturated carbocycles. The van der Waals surface area contributed by atoms with Gasteiger partial charge in [0.25, 0.3) is 0 Å². The fourth-order valence-electron chi connectivity index (χ4n) is 2.41. The summed E-state index contributed by atoms with van der Waals surface area (Å²) >= 11 is 11.8. The molecule has 1 atom stereocenters. The van der Waals surface area contributed by atoms with Crippen LogP contribution in [0.3, 0.4) is 0 Å². The fraction of sp³-hybridized carbons (Fsp3) is 0.375. The number of nitrogens with one attached hydrogen (secondary N) is 1. The second-order valence-corrected chi connectivity index (χ2v) is 7.06. The van der Waals surface area contributed by atoms with Crippen LogP contribution in [0.1, 0.15) is 17.8 Å². The first-order valence-corrected chi connectivity index (χ1v) is 8.01. The summed E-state index contributed by atoms with van der Waals surface area (Å²) in [5.41, 5.74) is 1.22. The van der Waals surface area contributed by atoms with Crippen LogP contribution >= 0.6 is 23.2 Å². The van der Waals surface area contributed by atoms with Crippen molar-refractivity contribution in [3.63, 3.8) is 0 Å². The molecule has 0 saturated heterocycles. The highest BCUT2D eigenvalue weighted by Gasteiger charge is 2.56. The van der Waals surface area contributed by atoms with E-state index >= 15 is 0 Å². The normalized spacial score (nSPS) is 18.9. The first-order valence-electron chi connectivity index (χ1n) is 7.26. The van der Waals surface area contributed by atoms with Crippen LogP contribution in [0.15, 0.2) is 42.7 Å². The lowest BCUT2D eigenvalue weighted by molar-refractivity contribution is -0.122. The van der Waals surface area contributed by atoms with Crippen molar-refractivity contribution in [1.29, 1.82) is 0 Å². The summed E-state index contributed by atoms with van der Waals surface area (Å²) in [4.78, 5) is 16.2. The quantitative estimate of drug-likeness (QED) is 0.824. The van der Waals surface area contributed by atoms with Gasteiger partial charge in [-0.2, -0.15) is 0 Å². The van der Waals surface area contributed by atoms with Crippen molar-refractivity contribution in [1.82, 2.24) is 14.9 Å². The predicted octanol–water partition coefficient (Wildman–Crippen LogP) is 2.78. The molecule has 1 amide bonds. The molecule has 6 heteroatoms. The molecule has 1 unspecified atom stereocenters. The van der Waals surface area contributed by atoms with Gasteiger partial charge in [-0.3, -0.25) is 4.79 Å². The second-order valence-electron chi connectivity index (χ2n) is 5.52. The predicted molar refractivity (Wildman–Crippen MR) is 87.0 cm³/mol. The Bertz CT molecular complexity index is 654. The van der Waals surface area contributed by atoms with E-state index in [1.54, 1.807) is 6.20 Å². The van der Waals surface area contributed by atoms with Crippen molar-refractivity contribution in [2.24, 2.45) is 5.92 Å². The van der Waals surface area contributed by atoms with Crippen LogP contribution in [0.5, 0.6) is 0 Å². The lowest BCUT2D eigenvalue weighted by Gasteiger charge is -2.09. The molecule has 1 aromatic carbocycles. The molecule has 0 aliphatic heterocycles. The summed E-state index contributed by atoms with van der Waals surface area (Å²) in [6, 6.07) is 10.2. The Morgan fingerprint density at radius 3 is 2.77 bits per heavy atom. The Balaban J connectivity index is 1.51. The van der Waals surface area contributed by atoms with E-state index in [2.05, 4.69) is 27.0 Å². The second kappa shape index (κ2) is 6.31. The third-order valence-electron chi connectivity index (χ3n) is 3.79. The van der Waals surface area contributed by atoms with E-state index in [1.807, 2.05) is 24.4 Å². The van der Waals surface area contributed by atoms with Crippen LogP contribution in [0.4, 0.5) is 0 Å². The molecule has 0 radical (unpaired) electrons. The van der Waals surface area contributed by atoms with Crippen molar-refractivity contribution in [2.45, 2.75) is 23.7 Å². The number of alkyl halides is 2. The number of aromatic nitrogens is 2. The molecule has 2 aromatic rings. The first kappa shape index (κ1) is 15.4. The van der Waals surface area contributed by atoms with E-state index in [1.165, 1.54) is 5.56 Å². The molecule has 3 rings (SSSR count). The van der Waals surface area contributed by atoms with Gasteiger partial charge >= 0.3 is 0 Å². The van der Waals surface area contributed by atoms with Gasteiger partial charge < -0.3 is 9.88 Å². The number of hydrogen-bond acceptors (Lipinski definition) is 2. The summed E-state index contributed by atoms with van der Waals surface area (Å²) in [7, 11) is 0. The number of amides is 1. The van der Waals surface area contributed by atoms with Crippen molar-refractivity contribution in [2.75, 3.05) is 6.54 Å². The van der Waals surface area contributed by atoms with Crippen molar-refractivity contribution >= 4 is 29.1 Å². The maximum absolute atomic E-state index is 11.8. The van der Waals surface area contributed by atoms with Crippen LogP contribution < -0.4 is 5.32 Å². The topological polar surface area (TPSA) is 46.9 Å². The summed E-state index contributed by atoms with van der Waals surface area (Å²) in [6.07, 6.45) is 4.94. The van der Waals surface area contributed by atoms with Crippen molar-refractivity contribution in [3.05, 3.63) is 54.1 Å². The number of carbonyl (C=O) groups is 1. The zero-order chi connectivity index (χ0) is 15.6. The number of halogens is 2. The van der Waals surface area contributed by atoms with Gasteiger partial charge in [0.05, 0.1) is 5.92 Å². The number of rotatable bonds is 6. The molecule has 1 aliphatic carbocycles. The minimum Gasteiger partial charge on any atom is -0.355 e. The molecular weight excluding hydrogens is 321 g/mol. The average Bonchev–Trinajstić information content (AvgIpc) is 2.92. The largest absolute Gasteiger partial charge is 0.355 e. The zero-order valence-electron chi connectivity index (χ0n) is 12.0. The average molecular weight is 338 g/mol. The highest BCUT2D eigenvalue weighted by molar-refractivity contribution is 6.52. The van der Waals surface area contributed by atoms with E-state index < -0.39 is 4.33 Å². The standard InChI is InChI=1S/C16H17Cl2N3O/c17-16(18)10-13(16)15(22)20-7-6-14-19-8-9-21(14)11-12-4-2-1-3-5-12/h1-5,8-9,13H,6-7,10-11H2,(H,20,22). The van der Waals surface area contributed by atoms with Gasteiger partial charge in [-0.1, -0.05) is 30.3 Å². The van der Waals surface area contributed by atoms with Gasteiger partial charge in [0, 0.05) is 31.9 Å². The molecule has 1 fully saturated rings. The molecule has 4 nitrogen and oxygen atoms in total. The number of nitrogens with zero attached hydrogens (tertiary/aromatic N) is 2. The van der Waals surface area contributed by atoms with Crippen LogP contribution in [-0.4, -0.2) is 26.3 Å². The van der Waals surface area contributed by atoms with Gasteiger partial charge in [-0.05, 0) is 12.0 Å². The molecule has 1 aromatic heterocycles. The van der Waals surface area contributed by atoms with E-state index in [-0.39, 0.29) is 11.8 Å². The maximum Gasteiger partial charge on any atom is 0.226 e. The van der Waals surface area contributed by atoms with Crippen molar-refractivity contribution < 1.29 is 4.79 Å². The summed E-state index contributed by atoms with van der Waals surface area (Å²) < 4.78 is 1.22. The van der Waals surface area contributed by atoms with Gasteiger partial charge in [0.15, 0.2) is 0 Å². The molecular formula is C16H17Cl2N3O. The van der Waals surface area contributed by atoms with E-state index in [0.717, 1.165) is 12.4 Å². The first-order chi connectivity index (χ1) is 10.6. The molecule has 22 heavy (non-hydrogen) atoms. The smallest absolute Gasteiger partial charge is 0.226 e.